The monoisotopic (exact) mass is 254 g/mol. The molecule has 19 heavy (non-hydrogen) atoms. The summed E-state index contributed by atoms with van der Waals surface area (Å²) in [6.45, 7) is 7.38. The van der Waals surface area contributed by atoms with Crippen molar-refractivity contribution in [2.75, 3.05) is 0 Å². The Kier molecular flexibility index (Phi) is 5.48. The van der Waals surface area contributed by atoms with Crippen molar-refractivity contribution in [3.8, 4) is 0 Å². The molecule has 0 heterocycles. The van der Waals surface area contributed by atoms with Gasteiger partial charge in [-0.3, -0.25) is 0 Å². The van der Waals surface area contributed by atoms with Gasteiger partial charge in [-0.2, -0.15) is 0 Å². The summed E-state index contributed by atoms with van der Waals surface area (Å²) in [4.78, 5) is 0. The zero-order chi connectivity index (χ0) is 13.5. The molecule has 0 amide bonds. The average Bonchev–Trinajstić information content (AvgIpc) is 2.45. The van der Waals surface area contributed by atoms with Gasteiger partial charge in [0.25, 0.3) is 0 Å². The summed E-state index contributed by atoms with van der Waals surface area (Å²) in [6, 6.07) is 0. The van der Waals surface area contributed by atoms with Crippen LogP contribution in [-0.2, 0) is 0 Å². The zero-order valence-electron chi connectivity index (χ0n) is 11.9. The van der Waals surface area contributed by atoms with Gasteiger partial charge in [0.15, 0.2) is 0 Å². The number of hydrogen-bond donors (Lipinski definition) is 0. The molecule has 4 unspecified atom stereocenters. The van der Waals surface area contributed by atoms with Crippen molar-refractivity contribution in [1.82, 2.24) is 0 Å². The third-order valence-corrected chi connectivity index (χ3v) is 4.74. The summed E-state index contributed by atoms with van der Waals surface area (Å²) < 4.78 is 0. The van der Waals surface area contributed by atoms with E-state index in [1.54, 1.807) is 0 Å². The highest BCUT2D eigenvalue weighted by atomic mass is 14.4. The first-order valence-corrected chi connectivity index (χ1v) is 7.63. The Balaban J connectivity index is 1.88. The Morgan fingerprint density at radius 2 is 1.53 bits per heavy atom. The van der Waals surface area contributed by atoms with E-state index in [9.17, 15) is 0 Å². The largest absolute Gasteiger partial charge is 0.133 e. The summed E-state index contributed by atoms with van der Waals surface area (Å²) >= 11 is 0. The molecule has 0 spiro atoms. The van der Waals surface area contributed by atoms with Crippen LogP contribution in [0.1, 0.15) is 38.5 Å². The maximum Gasteiger partial charge on any atom is -0.00930 e. The number of fused-ring (bicyclic) bond motifs is 3. The number of rotatable bonds is 6. The van der Waals surface area contributed by atoms with Gasteiger partial charge in [0.1, 0.15) is 0 Å². The molecule has 0 nitrogen and oxygen atoms in total. The van der Waals surface area contributed by atoms with E-state index in [1.807, 2.05) is 12.2 Å². The van der Waals surface area contributed by atoms with Crippen LogP contribution in [0.4, 0.5) is 0 Å². The second-order valence-electron chi connectivity index (χ2n) is 5.92. The molecular weight excluding hydrogens is 228 g/mol. The van der Waals surface area contributed by atoms with Crippen LogP contribution in [-0.4, -0.2) is 0 Å². The summed E-state index contributed by atoms with van der Waals surface area (Å²) in [7, 11) is 0. The smallest absolute Gasteiger partial charge is 0.00930 e. The molecule has 0 aromatic heterocycles. The van der Waals surface area contributed by atoms with Crippen molar-refractivity contribution in [3.63, 3.8) is 0 Å². The van der Waals surface area contributed by atoms with Gasteiger partial charge in [-0.05, 0) is 68.3 Å². The molecule has 0 aromatic carbocycles. The number of hydrogen-bond acceptors (Lipinski definition) is 0. The van der Waals surface area contributed by atoms with Crippen molar-refractivity contribution >= 4 is 0 Å². The molecule has 0 N–H and O–H groups in total. The molecule has 4 atom stereocenters. The van der Waals surface area contributed by atoms with Crippen molar-refractivity contribution in [2.24, 2.45) is 23.7 Å². The van der Waals surface area contributed by atoms with Gasteiger partial charge in [0.2, 0.25) is 0 Å². The Hall–Kier alpha value is -1.26. The second kappa shape index (κ2) is 7.36. The summed E-state index contributed by atoms with van der Waals surface area (Å²) in [5.74, 6) is 3.47. The maximum atomic E-state index is 3.78. The van der Waals surface area contributed by atoms with E-state index in [0.717, 1.165) is 36.5 Å². The number of allylic oxidation sites excluding steroid dienone is 6. The van der Waals surface area contributed by atoms with Crippen LogP contribution in [0.3, 0.4) is 0 Å². The Morgan fingerprint density at radius 1 is 0.947 bits per heavy atom. The van der Waals surface area contributed by atoms with Gasteiger partial charge >= 0.3 is 0 Å². The molecule has 3 saturated carbocycles. The van der Waals surface area contributed by atoms with Gasteiger partial charge in [0.05, 0.1) is 0 Å². The molecule has 3 aliphatic rings. The molecule has 0 aromatic rings. The van der Waals surface area contributed by atoms with Gasteiger partial charge in [-0.1, -0.05) is 37.0 Å². The lowest BCUT2D eigenvalue weighted by Gasteiger charge is -2.45. The lowest BCUT2D eigenvalue weighted by molar-refractivity contribution is 0.0869. The second-order valence-corrected chi connectivity index (χ2v) is 5.92. The average molecular weight is 254 g/mol. The summed E-state index contributed by atoms with van der Waals surface area (Å²) in [5.41, 5.74) is 2.83. The van der Waals surface area contributed by atoms with Gasteiger partial charge < -0.3 is 0 Å². The molecule has 3 fully saturated rings. The molecule has 3 aliphatic carbocycles. The molecular formula is C19H26. The minimum Gasteiger partial charge on any atom is -0.133 e. The van der Waals surface area contributed by atoms with Crippen molar-refractivity contribution < 1.29 is 0 Å². The van der Waals surface area contributed by atoms with Crippen molar-refractivity contribution in [3.05, 3.63) is 55.3 Å². The molecule has 0 aliphatic heterocycles. The van der Waals surface area contributed by atoms with Gasteiger partial charge in [-0.25, -0.2) is 0 Å². The molecule has 0 heteroatoms. The van der Waals surface area contributed by atoms with Crippen LogP contribution in [0.15, 0.2) is 55.3 Å². The van der Waals surface area contributed by atoms with E-state index in [1.165, 1.54) is 25.7 Å². The highest BCUT2D eigenvalue weighted by molar-refractivity contribution is 5.06. The van der Waals surface area contributed by atoms with E-state index < -0.39 is 0 Å². The van der Waals surface area contributed by atoms with E-state index in [2.05, 4.69) is 43.2 Å². The maximum absolute atomic E-state index is 3.78. The fraction of sp³-hybridized carbons (Fsp3) is 0.526. The quantitative estimate of drug-likeness (QED) is 0.436. The standard InChI is InChI=1S/C19H26/c1-3-5-7-9-11-17-15-18-12-13-19(17)14-16(18)10-8-6-4-2/h4-5,8-11,16-19H,1-2,6-7,12-15H2. The summed E-state index contributed by atoms with van der Waals surface area (Å²) in [5, 5.41) is 0. The fourth-order valence-electron chi connectivity index (χ4n) is 3.75. The lowest BCUT2D eigenvalue weighted by atomic mass is 9.60. The van der Waals surface area contributed by atoms with Crippen LogP contribution in [0.5, 0.6) is 0 Å². The normalized spacial score (nSPS) is 33.7. The molecule has 2 bridgehead atoms. The third-order valence-electron chi connectivity index (χ3n) is 4.74. The molecule has 3 rings (SSSR count). The van der Waals surface area contributed by atoms with E-state index in [4.69, 9.17) is 0 Å². The predicted molar refractivity (Wildman–Crippen MR) is 83.8 cm³/mol. The van der Waals surface area contributed by atoms with Crippen LogP contribution in [0.2, 0.25) is 0 Å². The first-order chi connectivity index (χ1) is 9.35. The third kappa shape index (κ3) is 3.85. The Bertz CT molecular complexity index is 392. The highest BCUT2D eigenvalue weighted by Gasteiger charge is 2.39. The van der Waals surface area contributed by atoms with Crippen molar-refractivity contribution in [1.29, 1.82) is 0 Å². The Morgan fingerprint density at radius 3 is 2.00 bits per heavy atom. The minimum absolute atomic E-state index is 0.820. The summed E-state index contributed by atoms with van der Waals surface area (Å²) in [6.07, 6.45) is 21.2. The van der Waals surface area contributed by atoms with E-state index in [-0.39, 0.29) is 0 Å². The van der Waals surface area contributed by atoms with Crippen LogP contribution in [0, 0.1) is 23.7 Å². The SMILES string of the molecule is C=C=CCC=CC1CC2CCC1CC2C=CCC=C. The minimum atomic E-state index is 0.820. The molecule has 0 saturated heterocycles. The Labute approximate surface area is 118 Å². The van der Waals surface area contributed by atoms with Crippen LogP contribution in [0.25, 0.3) is 0 Å². The fourth-order valence-corrected chi connectivity index (χ4v) is 3.75. The van der Waals surface area contributed by atoms with Crippen LogP contribution >= 0.6 is 0 Å². The van der Waals surface area contributed by atoms with E-state index in [0.29, 0.717) is 0 Å². The van der Waals surface area contributed by atoms with Gasteiger partial charge in [-0.15, -0.1) is 12.3 Å². The zero-order valence-corrected chi connectivity index (χ0v) is 11.9. The molecule has 0 radical (unpaired) electrons. The van der Waals surface area contributed by atoms with Crippen molar-refractivity contribution in [2.45, 2.75) is 38.5 Å². The topological polar surface area (TPSA) is 0 Å². The predicted octanol–water partition coefficient (Wildman–Crippen LogP) is 5.46. The van der Waals surface area contributed by atoms with E-state index >= 15 is 0 Å². The molecule has 102 valence electrons. The lowest BCUT2D eigenvalue weighted by Crippen LogP contribution is -2.36. The first kappa shape index (κ1) is 14.2. The van der Waals surface area contributed by atoms with Gasteiger partial charge in [0, 0.05) is 0 Å². The first-order valence-electron chi connectivity index (χ1n) is 7.63. The highest BCUT2D eigenvalue weighted by Crippen LogP contribution is 2.49. The van der Waals surface area contributed by atoms with Crippen LogP contribution < -0.4 is 0 Å².